The second-order valence-electron chi connectivity index (χ2n) is 6.85. The smallest absolute Gasteiger partial charge is 0.252 e. The highest BCUT2D eigenvalue weighted by atomic mass is 16.5. The molecule has 8 heteroatoms. The van der Waals surface area contributed by atoms with Crippen LogP contribution in [0.3, 0.4) is 0 Å². The zero-order valence-electron chi connectivity index (χ0n) is 14.9. The van der Waals surface area contributed by atoms with Gasteiger partial charge in [0.15, 0.2) is 5.82 Å². The van der Waals surface area contributed by atoms with Crippen molar-refractivity contribution in [3.8, 4) is 0 Å². The highest BCUT2D eigenvalue weighted by molar-refractivity contribution is 5.81. The van der Waals surface area contributed by atoms with Gasteiger partial charge in [0.1, 0.15) is 6.61 Å². The minimum absolute atomic E-state index is 0.0198. The molecule has 0 N–H and O–H groups in total. The molecule has 1 aliphatic heterocycles. The molecule has 2 heterocycles. The van der Waals surface area contributed by atoms with Gasteiger partial charge in [-0.2, -0.15) is 4.98 Å². The summed E-state index contributed by atoms with van der Waals surface area (Å²) < 4.78 is 10.0. The van der Waals surface area contributed by atoms with Crippen LogP contribution in [0, 0.1) is 5.92 Å². The first-order chi connectivity index (χ1) is 12.1. The summed E-state index contributed by atoms with van der Waals surface area (Å²) in [6.07, 6.45) is 4.41. The van der Waals surface area contributed by atoms with Crippen molar-refractivity contribution in [3.05, 3.63) is 11.7 Å². The third kappa shape index (κ3) is 4.56. The molecule has 25 heavy (non-hydrogen) atoms. The lowest BCUT2D eigenvalue weighted by molar-refractivity contribution is -0.139. The van der Waals surface area contributed by atoms with E-state index in [2.05, 4.69) is 10.1 Å². The molecule has 1 saturated carbocycles. The first-order valence-electron chi connectivity index (χ1n) is 8.95. The van der Waals surface area contributed by atoms with Crippen LogP contribution in [0.2, 0.25) is 0 Å². The van der Waals surface area contributed by atoms with Gasteiger partial charge in [-0.15, -0.1) is 0 Å². The van der Waals surface area contributed by atoms with Crippen molar-refractivity contribution in [1.82, 2.24) is 19.9 Å². The maximum Gasteiger partial charge on any atom is 0.252 e. The Morgan fingerprint density at radius 2 is 2.16 bits per heavy atom. The molecule has 3 rings (SSSR count). The van der Waals surface area contributed by atoms with Crippen LogP contribution in [-0.2, 0) is 27.4 Å². The van der Waals surface area contributed by atoms with E-state index in [9.17, 15) is 9.59 Å². The second kappa shape index (κ2) is 7.95. The molecule has 1 atom stereocenters. The molecule has 0 spiro atoms. The van der Waals surface area contributed by atoms with Gasteiger partial charge < -0.3 is 19.1 Å². The fourth-order valence-corrected chi connectivity index (χ4v) is 3.39. The molecule has 0 aromatic carbocycles. The maximum absolute atomic E-state index is 12.3. The fourth-order valence-electron chi connectivity index (χ4n) is 3.39. The van der Waals surface area contributed by atoms with Crippen molar-refractivity contribution in [2.75, 3.05) is 26.7 Å². The Hall–Kier alpha value is -1.96. The highest BCUT2D eigenvalue weighted by Crippen LogP contribution is 2.32. The van der Waals surface area contributed by atoms with Crippen LogP contribution in [0.1, 0.15) is 44.3 Å². The predicted molar refractivity (Wildman–Crippen MR) is 88.4 cm³/mol. The topological polar surface area (TPSA) is 88.8 Å². The first kappa shape index (κ1) is 17.8. The number of aromatic nitrogens is 2. The van der Waals surface area contributed by atoms with Gasteiger partial charge in [-0.25, -0.2) is 0 Å². The van der Waals surface area contributed by atoms with Crippen molar-refractivity contribution >= 4 is 11.8 Å². The summed E-state index contributed by atoms with van der Waals surface area (Å²) in [6.45, 7) is 3.83. The van der Waals surface area contributed by atoms with Gasteiger partial charge in [-0.1, -0.05) is 5.16 Å². The molecule has 1 saturated heterocycles. The SMILES string of the molecule is COCc1nc(CCN(C(C)=O)C2CCCN(C(=O)C3CC3)C2)no1. The Kier molecular flexibility index (Phi) is 5.67. The van der Waals surface area contributed by atoms with Gasteiger partial charge in [-0.05, 0) is 25.7 Å². The molecule has 2 fully saturated rings. The van der Waals surface area contributed by atoms with Crippen LogP contribution in [0.5, 0.6) is 0 Å². The molecule has 0 radical (unpaired) electrons. The zero-order valence-corrected chi connectivity index (χ0v) is 14.9. The standard InChI is InChI=1S/C17H26N4O4/c1-12(22)21(9-7-15-18-16(11-24-2)25-19-15)14-4-3-8-20(10-14)17(23)13-5-6-13/h13-14H,3-11H2,1-2H3. The van der Waals surface area contributed by atoms with Crippen LogP contribution >= 0.6 is 0 Å². The third-order valence-corrected chi connectivity index (χ3v) is 4.83. The second-order valence-corrected chi connectivity index (χ2v) is 6.85. The summed E-state index contributed by atoms with van der Waals surface area (Å²) in [6, 6.07) is 0.0688. The minimum atomic E-state index is 0.0198. The number of likely N-dealkylation sites (tertiary alicyclic amines) is 1. The van der Waals surface area contributed by atoms with E-state index in [0.717, 1.165) is 32.2 Å². The predicted octanol–water partition coefficient (Wildman–Crippen LogP) is 1.01. The fraction of sp³-hybridized carbons (Fsp3) is 0.765. The van der Waals surface area contributed by atoms with Gasteiger partial charge in [-0.3, -0.25) is 9.59 Å². The van der Waals surface area contributed by atoms with Gasteiger partial charge >= 0.3 is 0 Å². The Balaban J connectivity index is 1.57. The molecular weight excluding hydrogens is 324 g/mol. The lowest BCUT2D eigenvalue weighted by atomic mass is 10.0. The summed E-state index contributed by atoms with van der Waals surface area (Å²) in [7, 11) is 1.57. The number of hydrogen-bond donors (Lipinski definition) is 0. The van der Waals surface area contributed by atoms with Crippen molar-refractivity contribution in [1.29, 1.82) is 0 Å². The molecule has 2 amide bonds. The van der Waals surface area contributed by atoms with Crippen LogP contribution in [0.25, 0.3) is 0 Å². The molecule has 1 aromatic rings. The Labute approximate surface area is 147 Å². The van der Waals surface area contributed by atoms with E-state index in [4.69, 9.17) is 9.26 Å². The number of ether oxygens (including phenoxy) is 1. The van der Waals surface area contributed by atoms with E-state index >= 15 is 0 Å². The molecule has 1 aliphatic carbocycles. The van der Waals surface area contributed by atoms with Crippen LogP contribution in [0.15, 0.2) is 4.52 Å². The summed E-state index contributed by atoms with van der Waals surface area (Å²) in [5, 5.41) is 3.92. The quantitative estimate of drug-likeness (QED) is 0.729. The Morgan fingerprint density at radius 1 is 1.36 bits per heavy atom. The normalized spacial score (nSPS) is 20.6. The van der Waals surface area contributed by atoms with Crippen molar-refractivity contribution < 1.29 is 18.8 Å². The molecule has 8 nitrogen and oxygen atoms in total. The maximum atomic E-state index is 12.3. The van der Waals surface area contributed by atoms with Crippen LogP contribution in [0.4, 0.5) is 0 Å². The Morgan fingerprint density at radius 3 is 2.84 bits per heavy atom. The first-order valence-corrected chi connectivity index (χ1v) is 8.95. The van der Waals surface area contributed by atoms with Crippen molar-refractivity contribution in [2.24, 2.45) is 5.92 Å². The Bertz CT molecular complexity index is 614. The van der Waals surface area contributed by atoms with E-state index in [0.29, 0.717) is 31.2 Å². The summed E-state index contributed by atoms with van der Waals surface area (Å²) in [5.74, 6) is 1.51. The number of piperidine rings is 1. The van der Waals surface area contributed by atoms with E-state index < -0.39 is 0 Å². The largest absolute Gasteiger partial charge is 0.375 e. The van der Waals surface area contributed by atoms with Gasteiger partial charge in [0.2, 0.25) is 11.8 Å². The van der Waals surface area contributed by atoms with E-state index in [1.54, 1.807) is 14.0 Å². The number of carbonyl (C=O) groups is 2. The van der Waals surface area contributed by atoms with E-state index in [1.807, 2.05) is 9.80 Å². The molecule has 1 unspecified atom stereocenters. The lowest BCUT2D eigenvalue weighted by Crippen LogP contribution is -2.52. The minimum Gasteiger partial charge on any atom is -0.375 e. The van der Waals surface area contributed by atoms with Gasteiger partial charge in [0.05, 0.1) is 0 Å². The molecule has 2 aliphatic rings. The summed E-state index contributed by atoms with van der Waals surface area (Å²) >= 11 is 0. The number of nitrogens with zero attached hydrogens (tertiary/aromatic N) is 4. The van der Waals surface area contributed by atoms with E-state index in [1.165, 1.54) is 0 Å². The zero-order chi connectivity index (χ0) is 17.8. The van der Waals surface area contributed by atoms with Crippen LogP contribution in [-0.4, -0.2) is 64.5 Å². The molecule has 0 bridgehead atoms. The van der Waals surface area contributed by atoms with E-state index in [-0.39, 0.29) is 30.4 Å². The summed E-state index contributed by atoms with van der Waals surface area (Å²) in [5.41, 5.74) is 0. The molecule has 138 valence electrons. The lowest BCUT2D eigenvalue weighted by Gasteiger charge is -2.39. The molecule has 1 aromatic heterocycles. The number of carbonyl (C=O) groups excluding carboxylic acids is 2. The average Bonchev–Trinajstić information content (AvgIpc) is 3.36. The number of amides is 2. The van der Waals surface area contributed by atoms with Crippen LogP contribution < -0.4 is 0 Å². The van der Waals surface area contributed by atoms with Crippen molar-refractivity contribution in [2.45, 2.75) is 51.7 Å². The number of methoxy groups -OCH3 is 1. The van der Waals surface area contributed by atoms with Gasteiger partial charge in [0, 0.05) is 52.0 Å². The number of hydrogen-bond acceptors (Lipinski definition) is 6. The summed E-state index contributed by atoms with van der Waals surface area (Å²) in [4.78, 5) is 32.5. The van der Waals surface area contributed by atoms with Crippen molar-refractivity contribution in [3.63, 3.8) is 0 Å². The monoisotopic (exact) mass is 350 g/mol. The van der Waals surface area contributed by atoms with Gasteiger partial charge in [0.25, 0.3) is 5.89 Å². The number of rotatable bonds is 7. The third-order valence-electron chi connectivity index (χ3n) is 4.83. The molecular formula is C17H26N4O4. The average molecular weight is 350 g/mol. The highest BCUT2D eigenvalue weighted by Gasteiger charge is 2.36.